The van der Waals surface area contributed by atoms with Crippen LogP contribution in [-0.2, 0) is 6.42 Å². The standard InChI is InChI=1S/C7H12N2S2/c1-8-6(5-10)4-7-9-2-3-11-7/h2-3,6,8,10H,4-5H2,1H3/t6-/m0/s1. The third-order valence-electron chi connectivity index (χ3n) is 1.53. The Bertz CT molecular complexity index is 182. The molecule has 2 nitrogen and oxygen atoms in total. The Kier molecular flexibility index (Phi) is 3.90. The van der Waals surface area contributed by atoms with Crippen molar-refractivity contribution in [3.63, 3.8) is 0 Å². The van der Waals surface area contributed by atoms with Gasteiger partial charge in [0.1, 0.15) is 0 Å². The van der Waals surface area contributed by atoms with Crippen LogP contribution >= 0.6 is 24.0 Å². The van der Waals surface area contributed by atoms with Crippen LogP contribution in [0.5, 0.6) is 0 Å². The fraction of sp³-hybridized carbons (Fsp3) is 0.571. The maximum atomic E-state index is 4.22. The minimum atomic E-state index is 0.449. The van der Waals surface area contributed by atoms with Gasteiger partial charge in [-0.2, -0.15) is 12.6 Å². The van der Waals surface area contributed by atoms with Crippen LogP contribution in [0.3, 0.4) is 0 Å². The van der Waals surface area contributed by atoms with Crippen molar-refractivity contribution in [3.05, 3.63) is 16.6 Å². The Labute approximate surface area is 76.5 Å². The number of nitrogens with one attached hydrogen (secondary N) is 1. The average molecular weight is 188 g/mol. The van der Waals surface area contributed by atoms with E-state index in [4.69, 9.17) is 0 Å². The first-order valence-corrected chi connectivity index (χ1v) is 5.04. The lowest BCUT2D eigenvalue weighted by Gasteiger charge is -2.10. The number of hydrogen-bond acceptors (Lipinski definition) is 4. The molecule has 0 aliphatic rings. The van der Waals surface area contributed by atoms with Gasteiger partial charge in [0.05, 0.1) is 5.01 Å². The molecule has 0 aliphatic heterocycles. The topological polar surface area (TPSA) is 24.9 Å². The highest BCUT2D eigenvalue weighted by molar-refractivity contribution is 7.80. The number of thiazole rings is 1. The predicted octanol–water partition coefficient (Wildman–Crippen LogP) is 1.20. The summed E-state index contributed by atoms with van der Waals surface area (Å²) < 4.78 is 0. The molecular formula is C7H12N2S2. The van der Waals surface area contributed by atoms with Crippen molar-refractivity contribution in [3.8, 4) is 0 Å². The van der Waals surface area contributed by atoms with Gasteiger partial charge in [0.25, 0.3) is 0 Å². The molecule has 0 aromatic carbocycles. The zero-order chi connectivity index (χ0) is 8.10. The maximum absolute atomic E-state index is 4.22. The summed E-state index contributed by atoms with van der Waals surface area (Å²) in [6.45, 7) is 0. The van der Waals surface area contributed by atoms with E-state index in [1.165, 1.54) is 5.01 Å². The summed E-state index contributed by atoms with van der Waals surface area (Å²) in [5, 5.41) is 6.36. The van der Waals surface area contributed by atoms with E-state index in [2.05, 4.69) is 22.9 Å². The number of rotatable bonds is 4. The van der Waals surface area contributed by atoms with Crippen molar-refractivity contribution in [2.45, 2.75) is 12.5 Å². The van der Waals surface area contributed by atoms with Crippen LogP contribution in [0.2, 0.25) is 0 Å². The van der Waals surface area contributed by atoms with Crippen LogP contribution in [0.15, 0.2) is 11.6 Å². The Morgan fingerprint density at radius 3 is 3.09 bits per heavy atom. The molecule has 0 saturated heterocycles. The van der Waals surface area contributed by atoms with E-state index in [9.17, 15) is 0 Å². The summed E-state index contributed by atoms with van der Waals surface area (Å²) in [6, 6.07) is 0.449. The van der Waals surface area contributed by atoms with E-state index in [1.807, 2.05) is 18.6 Å². The van der Waals surface area contributed by atoms with Crippen LogP contribution in [0, 0.1) is 0 Å². The van der Waals surface area contributed by atoms with E-state index >= 15 is 0 Å². The number of thiol groups is 1. The second-order valence-corrected chi connectivity index (χ2v) is 3.64. The summed E-state index contributed by atoms with van der Waals surface area (Å²) in [5.41, 5.74) is 0. The van der Waals surface area contributed by atoms with E-state index in [0.29, 0.717) is 6.04 Å². The van der Waals surface area contributed by atoms with Gasteiger partial charge in [0.15, 0.2) is 0 Å². The third-order valence-corrected chi connectivity index (χ3v) is 2.78. The number of aromatic nitrogens is 1. The fourth-order valence-electron chi connectivity index (χ4n) is 0.822. The van der Waals surface area contributed by atoms with Crippen molar-refractivity contribution < 1.29 is 0 Å². The molecule has 0 bridgehead atoms. The fourth-order valence-corrected chi connectivity index (χ4v) is 1.83. The van der Waals surface area contributed by atoms with Crippen LogP contribution in [0.4, 0.5) is 0 Å². The lowest BCUT2D eigenvalue weighted by Crippen LogP contribution is -2.29. The first kappa shape index (κ1) is 9.03. The molecule has 4 heteroatoms. The number of nitrogens with zero attached hydrogens (tertiary/aromatic N) is 1. The minimum Gasteiger partial charge on any atom is -0.316 e. The highest BCUT2D eigenvalue weighted by atomic mass is 32.1. The SMILES string of the molecule is CN[C@H](CS)Cc1nccs1. The Morgan fingerprint density at radius 2 is 2.64 bits per heavy atom. The van der Waals surface area contributed by atoms with Crippen molar-refractivity contribution in [2.75, 3.05) is 12.8 Å². The van der Waals surface area contributed by atoms with Crippen molar-refractivity contribution in [1.82, 2.24) is 10.3 Å². The van der Waals surface area contributed by atoms with E-state index in [0.717, 1.165) is 12.2 Å². The molecule has 0 saturated carbocycles. The maximum Gasteiger partial charge on any atom is 0.0940 e. The highest BCUT2D eigenvalue weighted by Crippen LogP contribution is 2.07. The Hall–Kier alpha value is -0.0600. The molecule has 1 aromatic heterocycles. The molecule has 1 atom stereocenters. The number of hydrogen-bond donors (Lipinski definition) is 2. The van der Waals surface area contributed by atoms with Gasteiger partial charge >= 0.3 is 0 Å². The van der Waals surface area contributed by atoms with Crippen LogP contribution < -0.4 is 5.32 Å². The zero-order valence-electron chi connectivity index (χ0n) is 6.45. The van der Waals surface area contributed by atoms with Gasteiger partial charge in [-0.05, 0) is 7.05 Å². The summed E-state index contributed by atoms with van der Waals surface area (Å²) in [5.74, 6) is 0.857. The monoisotopic (exact) mass is 188 g/mol. The van der Waals surface area contributed by atoms with Gasteiger partial charge in [-0.15, -0.1) is 11.3 Å². The van der Waals surface area contributed by atoms with Gasteiger partial charge in [-0.3, -0.25) is 0 Å². The number of likely N-dealkylation sites (N-methyl/N-ethyl adjacent to an activating group) is 1. The van der Waals surface area contributed by atoms with Gasteiger partial charge in [-0.1, -0.05) is 0 Å². The lowest BCUT2D eigenvalue weighted by molar-refractivity contribution is 0.616. The molecule has 0 radical (unpaired) electrons. The summed E-state index contributed by atoms with van der Waals surface area (Å²) in [7, 11) is 1.95. The zero-order valence-corrected chi connectivity index (χ0v) is 8.16. The van der Waals surface area contributed by atoms with E-state index in [-0.39, 0.29) is 0 Å². The molecule has 1 rings (SSSR count). The van der Waals surface area contributed by atoms with Gasteiger partial charge in [-0.25, -0.2) is 4.98 Å². The molecule has 0 unspecified atom stereocenters. The molecule has 1 heterocycles. The first-order chi connectivity index (χ1) is 5.36. The Morgan fingerprint density at radius 1 is 1.82 bits per heavy atom. The summed E-state index contributed by atoms with van der Waals surface area (Å²) in [4.78, 5) is 4.20. The molecular weight excluding hydrogens is 176 g/mol. The average Bonchev–Trinajstić information content (AvgIpc) is 2.52. The lowest BCUT2D eigenvalue weighted by atomic mass is 10.2. The Balaban J connectivity index is 2.41. The third kappa shape index (κ3) is 2.81. The normalized spacial score (nSPS) is 13.3. The second kappa shape index (κ2) is 4.74. The molecule has 0 aliphatic carbocycles. The highest BCUT2D eigenvalue weighted by Gasteiger charge is 2.05. The quantitative estimate of drug-likeness (QED) is 0.694. The largest absolute Gasteiger partial charge is 0.316 e. The molecule has 0 spiro atoms. The van der Waals surface area contributed by atoms with Crippen molar-refractivity contribution in [2.24, 2.45) is 0 Å². The minimum absolute atomic E-state index is 0.449. The van der Waals surface area contributed by atoms with E-state index in [1.54, 1.807) is 11.3 Å². The van der Waals surface area contributed by atoms with E-state index < -0.39 is 0 Å². The van der Waals surface area contributed by atoms with Gasteiger partial charge in [0.2, 0.25) is 0 Å². The summed E-state index contributed by atoms with van der Waals surface area (Å²) >= 11 is 5.92. The molecule has 62 valence electrons. The van der Waals surface area contributed by atoms with Crippen LogP contribution in [0.25, 0.3) is 0 Å². The van der Waals surface area contributed by atoms with Crippen LogP contribution in [-0.4, -0.2) is 23.8 Å². The molecule has 1 aromatic rings. The van der Waals surface area contributed by atoms with Gasteiger partial charge < -0.3 is 5.32 Å². The first-order valence-electron chi connectivity index (χ1n) is 3.53. The molecule has 11 heavy (non-hydrogen) atoms. The molecule has 0 amide bonds. The molecule has 1 N–H and O–H groups in total. The van der Waals surface area contributed by atoms with Crippen LogP contribution in [0.1, 0.15) is 5.01 Å². The van der Waals surface area contributed by atoms with Gasteiger partial charge in [0, 0.05) is 29.8 Å². The smallest absolute Gasteiger partial charge is 0.0940 e. The molecule has 0 fully saturated rings. The van der Waals surface area contributed by atoms with Crippen molar-refractivity contribution in [1.29, 1.82) is 0 Å². The predicted molar refractivity (Wildman–Crippen MR) is 52.5 cm³/mol. The second-order valence-electron chi connectivity index (χ2n) is 2.30. The summed E-state index contributed by atoms with van der Waals surface area (Å²) in [6.07, 6.45) is 2.82. The van der Waals surface area contributed by atoms with Crippen molar-refractivity contribution >= 4 is 24.0 Å².